The van der Waals surface area contributed by atoms with Gasteiger partial charge in [-0.1, -0.05) is 30.3 Å². The van der Waals surface area contributed by atoms with E-state index >= 15 is 0 Å². The Bertz CT molecular complexity index is 453. The van der Waals surface area contributed by atoms with E-state index in [1.54, 1.807) is 0 Å². The maximum absolute atomic E-state index is 5.68. The van der Waals surface area contributed by atoms with Gasteiger partial charge in [-0.05, 0) is 41.5 Å². The van der Waals surface area contributed by atoms with Crippen LogP contribution in [0.1, 0.15) is 12.8 Å². The maximum Gasteiger partial charge on any atom is 0.119 e. The van der Waals surface area contributed by atoms with Crippen molar-refractivity contribution in [2.45, 2.75) is 12.8 Å². The first-order valence-corrected chi connectivity index (χ1v) is 6.26. The molecule has 84 valence electrons. The lowest BCUT2D eigenvalue weighted by molar-refractivity contribution is 0.310. The Morgan fingerprint density at radius 2 is 1.75 bits per heavy atom. The number of rotatable bonds is 5. The summed E-state index contributed by atoms with van der Waals surface area (Å²) < 4.78 is 5.68. The first kappa shape index (κ1) is 11.3. The van der Waals surface area contributed by atoms with Gasteiger partial charge in [0, 0.05) is 0 Å². The molecule has 0 unspecified atom stereocenters. The molecule has 0 radical (unpaired) electrons. The molecule has 2 heteroatoms. The third-order valence-electron chi connectivity index (χ3n) is 2.54. The minimum atomic E-state index is 0.777. The number of hydrogen-bond acceptors (Lipinski definition) is 2. The van der Waals surface area contributed by atoms with E-state index in [2.05, 4.69) is 43.0 Å². The average Bonchev–Trinajstić information content (AvgIpc) is 2.34. The Balaban J connectivity index is 2.02. The molecule has 0 bridgehead atoms. The molecule has 0 N–H and O–H groups in total. The van der Waals surface area contributed by atoms with Crippen LogP contribution in [0.5, 0.6) is 5.75 Å². The molecule has 0 spiro atoms. The summed E-state index contributed by atoms with van der Waals surface area (Å²) in [6, 6.07) is 14.5. The molecule has 0 aliphatic carbocycles. The summed E-state index contributed by atoms with van der Waals surface area (Å²) in [5, 5.41) is 2.49. The number of benzene rings is 2. The summed E-state index contributed by atoms with van der Waals surface area (Å²) in [6.07, 6.45) is 2.17. The third-order valence-corrected chi connectivity index (χ3v) is 2.86. The fourth-order valence-electron chi connectivity index (χ4n) is 1.66. The molecule has 1 nitrogen and oxygen atoms in total. The van der Waals surface area contributed by atoms with Gasteiger partial charge in [-0.2, -0.15) is 12.6 Å². The van der Waals surface area contributed by atoms with Crippen LogP contribution in [0.15, 0.2) is 42.5 Å². The zero-order chi connectivity index (χ0) is 11.2. The smallest absolute Gasteiger partial charge is 0.119 e. The van der Waals surface area contributed by atoms with Gasteiger partial charge in [-0.15, -0.1) is 0 Å². The summed E-state index contributed by atoms with van der Waals surface area (Å²) in [5.41, 5.74) is 0. The Kier molecular flexibility index (Phi) is 4.11. The molecule has 0 amide bonds. The summed E-state index contributed by atoms with van der Waals surface area (Å²) in [5.74, 6) is 1.89. The Morgan fingerprint density at radius 1 is 0.938 bits per heavy atom. The Labute approximate surface area is 102 Å². The highest BCUT2D eigenvalue weighted by Gasteiger charge is 1.96. The fraction of sp³-hybridized carbons (Fsp3) is 0.286. The molecule has 0 aliphatic heterocycles. The zero-order valence-corrected chi connectivity index (χ0v) is 10.1. The highest BCUT2D eigenvalue weighted by Crippen LogP contribution is 2.20. The highest BCUT2D eigenvalue weighted by molar-refractivity contribution is 7.80. The van der Waals surface area contributed by atoms with Gasteiger partial charge in [0.05, 0.1) is 6.61 Å². The molecule has 0 heterocycles. The summed E-state index contributed by atoms with van der Waals surface area (Å²) in [7, 11) is 0. The minimum Gasteiger partial charge on any atom is -0.494 e. The van der Waals surface area contributed by atoms with Gasteiger partial charge in [-0.25, -0.2) is 0 Å². The van der Waals surface area contributed by atoms with E-state index < -0.39 is 0 Å². The standard InChI is InChI=1S/C14H16OS/c16-10-4-3-9-15-14-8-7-12-5-1-2-6-13(12)11-14/h1-2,5-8,11,16H,3-4,9-10H2. The second kappa shape index (κ2) is 5.80. The van der Waals surface area contributed by atoms with E-state index in [9.17, 15) is 0 Å². The van der Waals surface area contributed by atoms with Crippen LogP contribution in [0.3, 0.4) is 0 Å². The van der Waals surface area contributed by atoms with Crippen LogP contribution < -0.4 is 4.74 Å². The number of fused-ring (bicyclic) bond motifs is 1. The van der Waals surface area contributed by atoms with E-state index in [1.165, 1.54) is 10.8 Å². The first-order chi connectivity index (χ1) is 7.90. The number of thiol groups is 1. The van der Waals surface area contributed by atoms with Crippen LogP contribution in [-0.4, -0.2) is 12.4 Å². The van der Waals surface area contributed by atoms with E-state index in [-0.39, 0.29) is 0 Å². The van der Waals surface area contributed by atoms with Gasteiger partial charge < -0.3 is 4.74 Å². The van der Waals surface area contributed by atoms with Crippen molar-refractivity contribution < 1.29 is 4.74 Å². The molecule has 16 heavy (non-hydrogen) atoms. The van der Waals surface area contributed by atoms with Gasteiger partial charge in [0.2, 0.25) is 0 Å². The van der Waals surface area contributed by atoms with Crippen molar-refractivity contribution in [3.05, 3.63) is 42.5 Å². The summed E-state index contributed by atoms with van der Waals surface area (Å²) in [4.78, 5) is 0. The van der Waals surface area contributed by atoms with E-state index in [0.717, 1.165) is 31.0 Å². The fourth-order valence-corrected chi connectivity index (χ4v) is 1.88. The molecule has 0 atom stereocenters. The van der Waals surface area contributed by atoms with Crippen LogP contribution in [0.2, 0.25) is 0 Å². The first-order valence-electron chi connectivity index (χ1n) is 5.62. The molecular weight excluding hydrogens is 216 g/mol. The second-order valence-corrected chi connectivity index (χ2v) is 4.24. The zero-order valence-electron chi connectivity index (χ0n) is 9.23. The van der Waals surface area contributed by atoms with Crippen molar-refractivity contribution in [2.24, 2.45) is 0 Å². The van der Waals surface area contributed by atoms with Crippen LogP contribution >= 0.6 is 12.6 Å². The van der Waals surface area contributed by atoms with Crippen LogP contribution in [0.4, 0.5) is 0 Å². The normalized spacial score (nSPS) is 10.6. The highest BCUT2D eigenvalue weighted by atomic mass is 32.1. The maximum atomic E-state index is 5.68. The van der Waals surface area contributed by atoms with Crippen molar-refractivity contribution in [3.63, 3.8) is 0 Å². The van der Waals surface area contributed by atoms with Crippen molar-refractivity contribution in [1.29, 1.82) is 0 Å². The summed E-state index contributed by atoms with van der Waals surface area (Å²) >= 11 is 4.17. The number of hydrogen-bond donors (Lipinski definition) is 1. The lowest BCUT2D eigenvalue weighted by atomic mass is 10.1. The van der Waals surface area contributed by atoms with Crippen LogP contribution in [0, 0.1) is 0 Å². The van der Waals surface area contributed by atoms with E-state index in [0.29, 0.717) is 0 Å². The van der Waals surface area contributed by atoms with Crippen LogP contribution in [0.25, 0.3) is 10.8 Å². The van der Waals surface area contributed by atoms with Gasteiger partial charge in [0.25, 0.3) is 0 Å². The number of unbranched alkanes of at least 4 members (excludes halogenated alkanes) is 1. The summed E-state index contributed by atoms with van der Waals surface area (Å²) in [6.45, 7) is 0.777. The third kappa shape index (κ3) is 2.92. The minimum absolute atomic E-state index is 0.777. The molecule has 2 rings (SSSR count). The molecule has 2 aromatic rings. The average molecular weight is 232 g/mol. The largest absolute Gasteiger partial charge is 0.494 e. The molecule has 0 aromatic heterocycles. The van der Waals surface area contributed by atoms with Crippen molar-refractivity contribution >= 4 is 23.4 Å². The SMILES string of the molecule is SCCCCOc1ccc2ccccc2c1. The molecule has 0 fully saturated rings. The predicted octanol–water partition coefficient (Wildman–Crippen LogP) is 3.93. The van der Waals surface area contributed by atoms with Gasteiger partial charge in [0.15, 0.2) is 0 Å². The van der Waals surface area contributed by atoms with Crippen LogP contribution in [-0.2, 0) is 0 Å². The predicted molar refractivity (Wildman–Crippen MR) is 72.5 cm³/mol. The molecule has 0 saturated carbocycles. The Hall–Kier alpha value is -1.15. The van der Waals surface area contributed by atoms with Gasteiger partial charge >= 0.3 is 0 Å². The lowest BCUT2D eigenvalue weighted by Gasteiger charge is -2.06. The van der Waals surface area contributed by atoms with E-state index in [1.807, 2.05) is 12.1 Å². The quantitative estimate of drug-likeness (QED) is 0.607. The lowest BCUT2D eigenvalue weighted by Crippen LogP contribution is -1.97. The van der Waals surface area contributed by atoms with Gasteiger partial charge in [-0.3, -0.25) is 0 Å². The van der Waals surface area contributed by atoms with Gasteiger partial charge in [0.1, 0.15) is 5.75 Å². The van der Waals surface area contributed by atoms with Crippen molar-refractivity contribution in [1.82, 2.24) is 0 Å². The molecule has 0 saturated heterocycles. The number of ether oxygens (including phenoxy) is 1. The van der Waals surface area contributed by atoms with Crippen molar-refractivity contribution in [2.75, 3.05) is 12.4 Å². The topological polar surface area (TPSA) is 9.23 Å². The Morgan fingerprint density at radius 3 is 2.56 bits per heavy atom. The monoisotopic (exact) mass is 232 g/mol. The second-order valence-electron chi connectivity index (χ2n) is 3.79. The van der Waals surface area contributed by atoms with Crippen molar-refractivity contribution in [3.8, 4) is 5.75 Å². The molecule has 2 aromatic carbocycles. The molecular formula is C14H16OS. The molecule has 0 aliphatic rings. The van der Waals surface area contributed by atoms with E-state index in [4.69, 9.17) is 4.74 Å².